The predicted octanol–water partition coefficient (Wildman–Crippen LogP) is 2.63. The Morgan fingerprint density at radius 2 is 2.00 bits per heavy atom. The molecule has 0 amide bonds. The number of aryl methyl sites for hydroxylation is 1. The standard InChI is InChI=1S/C15H19N3O/c1-11-8-12(10-16)9-15(17-11)18(2)13-6-4-5-7-14(13)19-3/h4-9H,10,16H2,1-3H3. The van der Waals surface area contributed by atoms with Crippen molar-refractivity contribution in [3.63, 3.8) is 0 Å². The number of anilines is 2. The molecule has 1 aromatic carbocycles. The van der Waals surface area contributed by atoms with Crippen molar-refractivity contribution in [3.05, 3.63) is 47.7 Å². The number of hydrogen-bond donors (Lipinski definition) is 1. The molecular weight excluding hydrogens is 238 g/mol. The Morgan fingerprint density at radius 1 is 1.26 bits per heavy atom. The van der Waals surface area contributed by atoms with Crippen molar-refractivity contribution in [2.24, 2.45) is 5.73 Å². The number of aromatic nitrogens is 1. The zero-order chi connectivity index (χ0) is 13.8. The molecule has 0 spiro atoms. The van der Waals surface area contributed by atoms with Crippen molar-refractivity contribution in [1.29, 1.82) is 0 Å². The first-order chi connectivity index (χ1) is 9.15. The quantitative estimate of drug-likeness (QED) is 0.914. The van der Waals surface area contributed by atoms with Crippen molar-refractivity contribution in [2.75, 3.05) is 19.1 Å². The molecule has 2 N–H and O–H groups in total. The van der Waals surface area contributed by atoms with Gasteiger partial charge in [0.25, 0.3) is 0 Å². The fourth-order valence-corrected chi connectivity index (χ4v) is 2.04. The van der Waals surface area contributed by atoms with Crippen molar-refractivity contribution >= 4 is 11.5 Å². The number of ether oxygens (including phenoxy) is 1. The van der Waals surface area contributed by atoms with Crippen LogP contribution >= 0.6 is 0 Å². The Labute approximate surface area is 113 Å². The molecule has 0 atom stereocenters. The van der Waals surface area contributed by atoms with Gasteiger partial charge in [0.1, 0.15) is 11.6 Å². The summed E-state index contributed by atoms with van der Waals surface area (Å²) in [7, 11) is 3.64. The maximum atomic E-state index is 5.71. The van der Waals surface area contributed by atoms with Crippen LogP contribution in [-0.2, 0) is 6.54 Å². The summed E-state index contributed by atoms with van der Waals surface area (Å²) in [5, 5.41) is 0. The minimum absolute atomic E-state index is 0.510. The van der Waals surface area contributed by atoms with Crippen molar-refractivity contribution < 1.29 is 4.74 Å². The van der Waals surface area contributed by atoms with Gasteiger partial charge in [-0.2, -0.15) is 0 Å². The van der Waals surface area contributed by atoms with E-state index in [1.165, 1.54) is 0 Å². The minimum Gasteiger partial charge on any atom is -0.495 e. The molecule has 100 valence electrons. The number of nitrogens with zero attached hydrogens (tertiary/aromatic N) is 2. The molecular formula is C15H19N3O. The zero-order valence-electron chi connectivity index (χ0n) is 11.6. The molecule has 19 heavy (non-hydrogen) atoms. The summed E-state index contributed by atoms with van der Waals surface area (Å²) in [6.07, 6.45) is 0. The number of rotatable bonds is 4. The second kappa shape index (κ2) is 5.71. The molecule has 2 rings (SSSR count). The molecule has 0 saturated heterocycles. The monoisotopic (exact) mass is 257 g/mol. The van der Waals surface area contributed by atoms with Gasteiger partial charge in [-0.3, -0.25) is 0 Å². The first-order valence-corrected chi connectivity index (χ1v) is 6.20. The van der Waals surface area contributed by atoms with E-state index in [4.69, 9.17) is 10.5 Å². The van der Waals surface area contributed by atoms with E-state index < -0.39 is 0 Å². The van der Waals surface area contributed by atoms with Crippen LogP contribution in [0.15, 0.2) is 36.4 Å². The highest BCUT2D eigenvalue weighted by atomic mass is 16.5. The number of hydrogen-bond acceptors (Lipinski definition) is 4. The Bertz CT molecular complexity index is 569. The van der Waals surface area contributed by atoms with Gasteiger partial charge in [0, 0.05) is 19.3 Å². The highest BCUT2D eigenvalue weighted by Crippen LogP contribution is 2.31. The molecule has 0 radical (unpaired) electrons. The van der Waals surface area contributed by atoms with Crippen molar-refractivity contribution in [2.45, 2.75) is 13.5 Å². The van der Waals surface area contributed by atoms with E-state index in [0.29, 0.717) is 6.54 Å². The number of nitrogens with two attached hydrogens (primary N) is 1. The third-order valence-corrected chi connectivity index (χ3v) is 3.03. The average Bonchev–Trinajstić information content (AvgIpc) is 2.45. The zero-order valence-corrected chi connectivity index (χ0v) is 11.6. The maximum Gasteiger partial charge on any atom is 0.142 e. The minimum atomic E-state index is 0.510. The predicted molar refractivity (Wildman–Crippen MR) is 77.9 cm³/mol. The Hall–Kier alpha value is -2.07. The lowest BCUT2D eigenvalue weighted by Gasteiger charge is -2.21. The van der Waals surface area contributed by atoms with Gasteiger partial charge in [-0.25, -0.2) is 4.98 Å². The Kier molecular flexibility index (Phi) is 4.02. The van der Waals surface area contributed by atoms with E-state index in [2.05, 4.69) is 4.98 Å². The average molecular weight is 257 g/mol. The third-order valence-electron chi connectivity index (χ3n) is 3.03. The third kappa shape index (κ3) is 2.85. The van der Waals surface area contributed by atoms with Crippen LogP contribution in [0.25, 0.3) is 0 Å². The molecule has 2 aromatic rings. The van der Waals surface area contributed by atoms with E-state index in [-0.39, 0.29) is 0 Å². The van der Waals surface area contributed by atoms with E-state index in [9.17, 15) is 0 Å². The molecule has 0 aliphatic carbocycles. The molecule has 0 aliphatic rings. The highest BCUT2D eigenvalue weighted by molar-refractivity contribution is 5.66. The second-order valence-corrected chi connectivity index (χ2v) is 4.41. The van der Waals surface area contributed by atoms with Gasteiger partial charge in [-0.15, -0.1) is 0 Å². The molecule has 0 fully saturated rings. The number of methoxy groups -OCH3 is 1. The smallest absolute Gasteiger partial charge is 0.142 e. The normalized spacial score (nSPS) is 10.3. The SMILES string of the molecule is COc1ccccc1N(C)c1cc(CN)cc(C)n1. The molecule has 4 nitrogen and oxygen atoms in total. The largest absolute Gasteiger partial charge is 0.495 e. The summed E-state index contributed by atoms with van der Waals surface area (Å²) >= 11 is 0. The number of benzene rings is 1. The van der Waals surface area contributed by atoms with E-state index in [1.54, 1.807) is 7.11 Å². The Morgan fingerprint density at radius 3 is 2.68 bits per heavy atom. The lowest BCUT2D eigenvalue weighted by Crippen LogP contribution is -2.13. The van der Waals surface area contributed by atoms with Crippen molar-refractivity contribution in [3.8, 4) is 5.75 Å². The lowest BCUT2D eigenvalue weighted by molar-refractivity contribution is 0.415. The van der Waals surface area contributed by atoms with Crippen LogP contribution in [0.2, 0.25) is 0 Å². The van der Waals surface area contributed by atoms with Crippen LogP contribution in [0.4, 0.5) is 11.5 Å². The lowest BCUT2D eigenvalue weighted by atomic mass is 10.2. The number of para-hydroxylation sites is 2. The summed E-state index contributed by atoms with van der Waals surface area (Å²) in [5.41, 5.74) is 8.72. The van der Waals surface area contributed by atoms with E-state index >= 15 is 0 Å². The van der Waals surface area contributed by atoms with Gasteiger partial charge >= 0.3 is 0 Å². The summed E-state index contributed by atoms with van der Waals surface area (Å²) in [4.78, 5) is 6.55. The van der Waals surface area contributed by atoms with Crippen LogP contribution in [0, 0.1) is 6.92 Å². The van der Waals surface area contributed by atoms with Crippen LogP contribution < -0.4 is 15.4 Å². The molecule has 1 aromatic heterocycles. The molecule has 4 heteroatoms. The molecule has 0 unspecified atom stereocenters. The summed E-state index contributed by atoms with van der Waals surface area (Å²) in [5.74, 6) is 1.69. The first kappa shape index (κ1) is 13.4. The molecule has 0 aliphatic heterocycles. The van der Waals surface area contributed by atoms with E-state index in [0.717, 1.165) is 28.5 Å². The highest BCUT2D eigenvalue weighted by Gasteiger charge is 2.11. The second-order valence-electron chi connectivity index (χ2n) is 4.41. The summed E-state index contributed by atoms with van der Waals surface area (Å²) < 4.78 is 5.38. The van der Waals surface area contributed by atoms with Crippen molar-refractivity contribution in [1.82, 2.24) is 4.98 Å². The van der Waals surface area contributed by atoms with Crippen LogP contribution in [-0.4, -0.2) is 19.1 Å². The fraction of sp³-hybridized carbons (Fsp3) is 0.267. The summed E-state index contributed by atoms with van der Waals surface area (Å²) in [6, 6.07) is 11.9. The molecule has 1 heterocycles. The topological polar surface area (TPSA) is 51.4 Å². The molecule has 0 saturated carbocycles. The van der Waals surface area contributed by atoms with E-state index in [1.807, 2.05) is 55.3 Å². The Balaban J connectivity index is 2.43. The van der Waals surface area contributed by atoms with Crippen LogP contribution in [0.5, 0.6) is 5.75 Å². The van der Waals surface area contributed by atoms with Gasteiger partial charge in [0.2, 0.25) is 0 Å². The van der Waals surface area contributed by atoms with Crippen LogP contribution in [0.1, 0.15) is 11.3 Å². The van der Waals surface area contributed by atoms with Gasteiger partial charge in [0.05, 0.1) is 12.8 Å². The van der Waals surface area contributed by atoms with Gasteiger partial charge in [0.15, 0.2) is 0 Å². The maximum absolute atomic E-state index is 5.71. The number of pyridine rings is 1. The van der Waals surface area contributed by atoms with Gasteiger partial charge in [-0.1, -0.05) is 12.1 Å². The first-order valence-electron chi connectivity index (χ1n) is 6.20. The molecule has 0 bridgehead atoms. The van der Waals surface area contributed by atoms with Crippen LogP contribution in [0.3, 0.4) is 0 Å². The fourth-order valence-electron chi connectivity index (χ4n) is 2.04. The van der Waals surface area contributed by atoms with Gasteiger partial charge in [-0.05, 0) is 36.8 Å². The van der Waals surface area contributed by atoms with Gasteiger partial charge < -0.3 is 15.4 Å². The summed E-state index contributed by atoms with van der Waals surface area (Å²) in [6.45, 7) is 2.48.